The molecule has 3 N–H and O–H groups in total. The highest BCUT2D eigenvalue weighted by atomic mass is 32.2. The van der Waals surface area contributed by atoms with Gasteiger partial charge in [-0.25, -0.2) is 0 Å². The first-order valence-electron chi connectivity index (χ1n) is 8.69. The second-order valence-electron chi connectivity index (χ2n) is 6.62. The van der Waals surface area contributed by atoms with Crippen LogP contribution in [0, 0.1) is 5.92 Å². The zero-order chi connectivity index (χ0) is 18.5. The first kappa shape index (κ1) is 18.3. The number of fused-ring (bicyclic) bond motifs is 1. The van der Waals surface area contributed by atoms with Gasteiger partial charge in [0.05, 0.1) is 11.4 Å². The maximum Gasteiger partial charge on any atom is 0.251 e. The number of carbonyl (C=O) groups excluding carboxylic acids is 2. The summed E-state index contributed by atoms with van der Waals surface area (Å²) in [6, 6.07) is 15.5. The SMILES string of the molecule is CC(C)C(CNC(=O)c1ccc2c(c1)NC(=O)CS2)Nc1ccccc1. The van der Waals surface area contributed by atoms with Gasteiger partial charge in [0.2, 0.25) is 5.91 Å². The topological polar surface area (TPSA) is 70.2 Å². The summed E-state index contributed by atoms with van der Waals surface area (Å²) in [5.41, 5.74) is 2.30. The Kier molecular flexibility index (Phi) is 5.83. The van der Waals surface area contributed by atoms with E-state index >= 15 is 0 Å². The number of hydrogen-bond donors (Lipinski definition) is 3. The average molecular weight is 369 g/mol. The fourth-order valence-electron chi connectivity index (χ4n) is 2.73. The first-order valence-corrected chi connectivity index (χ1v) is 9.68. The summed E-state index contributed by atoms with van der Waals surface area (Å²) in [5, 5.41) is 9.28. The number of amides is 2. The number of rotatable bonds is 6. The van der Waals surface area contributed by atoms with Crippen LogP contribution in [-0.4, -0.2) is 30.2 Å². The lowest BCUT2D eigenvalue weighted by Crippen LogP contribution is -2.39. The van der Waals surface area contributed by atoms with Crippen LogP contribution < -0.4 is 16.0 Å². The highest BCUT2D eigenvalue weighted by Crippen LogP contribution is 2.31. The summed E-state index contributed by atoms with van der Waals surface area (Å²) in [4.78, 5) is 25.1. The molecule has 2 aromatic carbocycles. The van der Waals surface area contributed by atoms with Gasteiger partial charge >= 0.3 is 0 Å². The molecule has 0 saturated carbocycles. The fourth-order valence-corrected chi connectivity index (χ4v) is 3.52. The van der Waals surface area contributed by atoms with Gasteiger partial charge in [-0.05, 0) is 36.2 Å². The summed E-state index contributed by atoms with van der Waals surface area (Å²) in [6.07, 6.45) is 0. The van der Waals surface area contributed by atoms with E-state index in [4.69, 9.17) is 0 Å². The van der Waals surface area contributed by atoms with Gasteiger partial charge in [0.25, 0.3) is 5.91 Å². The van der Waals surface area contributed by atoms with Gasteiger partial charge in [-0.2, -0.15) is 0 Å². The van der Waals surface area contributed by atoms with E-state index in [0.29, 0.717) is 29.5 Å². The number of anilines is 2. The molecular formula is C20H23N3O2S. The Morgan fingerprint density at radius 2 is 1.96 bits per heavy atom. The summed E-state index contributed by atoms with van der Waals surface area (Å²) in [5.74, 6) is 0.597. The lowest BCUT2D eigenvalue weighted by molar-refractivity contribution is -0.113. The van der Waals surface area contributed by atoms with Crippen LogP contribution in [0.2, 0.25) is 0 Å². The van der Waals surface area contributed by atoms with Crippen molar-refractivity contribution in [2.45, 2.75) is 24.8 Å². The number of benzene rings is 2. The molecule has 136 valence electrons. The number of hydrogen-bond acceptors (Lipinski definition) is 4. The van der Waals surface area contributed by atoms with Crippen molar-refractivity contribution in [1.82, 2.24) is 5.32 Å². The number of para-hydroxylation sites is 1. The Balaban J connectivity index is 1.63. The van der Waals surface area contributed by atoms with Crippen LogP contribution in [0.15, 0.2) is 53.4 Å². The Labute approximate surface area is 157 Å². The molecular weight excluding hydrogens is 346 g/mol. The van der Waals surface area contributed by atoms with Crippen LogP contribution >= 0.6 is 11.8 Å². The third kappa shape index (κ3) is 4.58. The molecule has 1 atom stereocenters. The standard InChI is InChI=1S/C20H23N3O2S/c1-13(2)17(22-15-6-4-3-5-7-15)11-21-20(25)14-8-9-18-16(10-14)23-19(24)12-26-18/h3-10,13,17,22H,11-12H2,1-2H3,(H,21,25)(H,23,24). The third-order valence-corrected chi connectivity index (χ3v) is 5.36. The molecule has 2 amide bonds. The van der Waals surface area contributed by atoms with E-state index in [1.54, 1.807) is 12.1 Å². The minimum absolute atomic E-state index is 0.0352. The van der Waals surface area contributed by atoms with Crippen molar-refractivity contribution in [3.05, 3.63) is 54.1 Å². The molecule has 1 aliphatic heterocycles. The Bertz CT molecular complexity index is 793. The Morgan fingerprint density at radius 3 is 2.69 bits per heavy atom. The second kappa shape index (κ2) is 8.27. The van der Waals surface area contributed by atoms with E-state index in [9.17, 15) is 9.59 Å². The number of nitrogens with one attached hydrogen (secondary N) is 3. The molecule has 3 rings (SSSR count). The lowest BCUT2D eigenvalue weighted by Gasteiger charge is -2.24. The van der Waals surface area contributed by atoms with Gasteiger partial charge < -0.3 is 16.0 Å². The van der Waals surface area contributed by atoms with Crippen molar-refractivity contribution in [3.8, 4) is 0 Å². The zero-order valence-corrected chi connectivity index (χ0v) is 15.7. The predicted molar refractivity (Wildman–Crippen MR) is 107 cm³/mol. The van der Waals surface area contributed by atoms with E-state index in [0.717, 1.165) is 10.6 Å². The summed E-state index contributed by atoms with van der Waals surface area (Å²) in [6.45, 7) is 4.76. The monoisotopic (exact) mass is 369 g/mol. The fraction of sp³-hybridized carbons (Fsp3) is 0.300. The summed E-state index contributed by atoms with van der Waals surface area (Å²) < 4.78 is 0. The molecule has 26 heavy (non-hydrogen) atoms. The molecule has 0 aromatic heterocycles. The maximum absolute atomic E-state index is 12.5. The minimum Gasteiger partial charge on any atom is -0.380 e. The maximum atomic E-state index is 12.5. The van der Waals surface area contributed by atoms with Gasteiger partial charge in [-0.15, -0.1) is 11.8 Å². The van der Waals surface area contributed by atoms with Gasteiger partial charge in [0, 0.05) is 28.7 Å². The lowest BCUT2D eigenvalue weighted by atomic mass is 10.0. The molecule has 0 spiro atoms. The van der Waals surface area contributed by atoms with Gasteiger partial charge in [-0.3, -0.25) is 9.59 Å². The summed E-state index contributed by atoms with van der Waals surface area (Å²) in [7, 11) is 0. The molecule has 1 unspecified atom stereocenters. The smallest absolute Gasteiger partial charge is 0.251 e. The van der Waals surface area contributed by atoms with E-state index < -0.39 is 0 Å². The molecule has 2 aromatic rings. The second-order valence-corrected chi connectivity index (χ2v) is 7.64. The van der Waals surface area contributed by atoms with Gasteiger partial charge in [0.1, 0.15) is 0 Å². The normalized spacial score (nSPS) is 14.3. The van der Waals surface area contributed by atoms with Crippen molar-refractivity contribution in [3.63, 3.8) is 0 Å². The Hall–Kier alpha value is -2.47. The first-order chi connectivity index (χ1) is 12.5. The molecule has 1 heterocycles. The van der Waals surface area contributed by atoms with E-state index in [1.165, 1.54) is 11.8 Å². The molecule has 0 fully saturated rings. The van der Waals surface area contributed by atoms with E-state index in [-0.39, 0.29) is 17.9 Å². The van der Waals surface area contributed by atoms with E-state index in [1.807, 2.05) is 36.4 Å². The molecule has 0 aliphatic carbocycles. The summed E-state index contributed by atoms with van der Waals surface area (Å²) >= 11 is 1.49. The molecule has 6 heteroatoms. The molecule has 5 nitrogen and oxygen atoms in total. The quantitative estimate of drug-likeness (QED) is 0.728. The van der Waals surface area contributed by atoms with Crippen LogP contribution in [0.1, 0.15) is 24.2 Å². The van der Waals surface area contributed by atoms with Gasteiger partial charge in [0.15, 0.2) is 0 Å². The van der Waals surface area contributed by atoms with Gasteiger partial charge in [-0.1, -0.05) is 32.0 Å². The third-order valence-electron chi connectivity index (χ3n) is 4.29. The minimum atomic E-state index is -0.141. The van der Waals surface area contributed by atoms with Crippen LogP contribution in [0.3, 0.4) is 0 Å². The number of thioether (sulfide) groups is 1. The van der Waals surface area contributed by atoms with Crippen LogP contribution in [0.5, 0.6) is 0 Å². The van der Waals surface area contributed by atoms with Crippen molar-refractivity contribution in [1.29, 1.82) is 0 Å². The molecule has 0 saturated heterocycles. The molecule has 0 bridgehead atoms. The van der Waals surface area contributed by atoms with Crippen molar-refractivity contribution in [2.24, 2.45) is 5.92 Å². The zero-order valence-electron chi connectivity index (χ0n) is 14.9. The Morgan fingerprint density at radius 1 is 1.19 bits per heavy atom. The average Bonchev–Trinajstić information content (AvgIpc) is 2.64. The highest BCUT2D eigenvalue weighted by molar-refractivity contribution is 8.00. The number of carbonyl (C=O) groups is 2. The predicted octanol–water partition coefficient (Wildman–Crippen LogP) is 3.60. The van der Waals surface area contributed by atoms with Crippen molar-refractivity contribution in [2.75, 3.05) is 22.9 Å². The highest BCUT2D eigenvalue weighted by Gasteiger charge is 2.19. The molecule has 1 aliphatic rings. The van der Waals surface area contributed by atoms with Crippen molar-refractivity contribution >= 4 is 35.0 Å². The van der Waals surface area contributed by atoms with Crippen LogP contribution in [0.25, 0.3) is 0 Å². The van der Waals surface area contributed by atoms with Crippen LogP contribution in [0.4, 0.5) is 11.4 Å². The molecule has 0 radical (unpaired) electrons. The largest absolute Gasteiger partial charge is 0.380 e. The van der Waals surface area contributed by atoms with Crippen LogP contribution in [-0.2, 0) is 4.79 Å². The van der Waals surface area contributed by atoms with E-state index in [2.05, 4.69) is 29.8 Å². The van der Waals surface area contributed by atoms with Crippen molar-refractivity contribution < 1.29 is 9.59 Å².